The highest BCUT2D eigenvalue weighted by Gasteiger charge is 2.44. The van der Waals surface area contributed by atoms with Gasteiger partial charge in [0.2, 0.25) is 0 Å². The van der Waals surface area contributed by atoms with E-state index in [0.717, 1.165) is 25.2 Å². The number of urea groups is 1. The first kappa shape index (κ1) is 14.2. The van der Waals surface area contributed by atoms with Crippen molar-refractivity contribution in [3.63, 3.8) is 0 Å². The number of nitrogens with one attached hydrogen (secondary N) is 1. The second-order valence-corrected chi connectivity index (χ2v) is 6.22. The van der Waals surface area contributed by atoms with Gasteiger partial charge in [-0.2, -0.15) is 0 Å². The van der Waals surface area contributed by atoms with E-state index in [1.165, 1.54) is 17.7 Å². The highest BCUT2D eigenvalue weighted by atomic mass is 16.4. The number of piperidine rings is 1. The van der Waals surface area contributed by atoms with Crippen LogP contribution in [0.4, 0.5) is 4.79 Å². The van der Waals surface area contributed by atoms with E-state index in [1.807, 2.05) is 6.92 Å². The Hall–Kier alpha value is -1.26. The summed E-state index contributed by atoms with van der Waals surface area (Å²) in [6.07, 6.45) is 5.81. The molecule has 2 aliphatic rings. The summed E-state index contributed by atoms with van der Waals surface area (Å²) in [5.41, 5.74) is -1.05. The van der Waals surface area contributed by atoms with E-state index in [2.05, 4.69) is 5.32 Å². The second kappa shape index (κ2) is 5.39. The van der Waals surface area contributed by atoms with E-state index in [0.29, 0.717) is 13.0 Å². The number of hydrogen-bond acceptors (Lipinski definition) is 2. The number of carbonyl (C=O) groups excluding carboxylic acids is 1. The molecular weight excluding hydrogens is 244 g/mol. The van der Waals surface area contributed by atoms with Crippen molar-refractivity contribution in [1.29, 1.82) is 0 Å². The number of nitrogens with zero attached hydrogens (tertiary/aromatic N) is 1. The topological polar surface area (TPSA) is 69.6 Å². The summed E-state index contributed by atoms with van der Waals surface area (Å²) in [5.74, 6) is -0.153. The molecule has 1 heterocycles. The molecule has 108 valence electrons. The maximum atomic E-state index is 12.3. The Kier molecular flexibility index (Phi) is 4.02. The lowest BCUT2D eigenvalue weighted by Crippen LogP contribution is -2.60. The van der Waals surface area contributed by atoms with Gasteiger partial charge in [-0.3, -0.25) is 0 Å². The van der Waals surface area contributed by atoms with Crippen LogP contribution in [-0.2, 0) is 4.79 Å². The van der Waals surface area contributed by atoms with Crippen LogP contribution in [0.15, 0.2) is 0 Å². The largest absolute Gasteiger partial charge is 0.480 e. The van der Waals surface area contributed by atoms with Gasteiger partial charge in [-0.1, -0.05) is 12.8 Å². The Morgan fingerprint density at radius 2 is 2.11 bits per heavy atom. The number of amides is 2. The summed E-state index contributed by atoms with van der Waals surface area (Å²) < 4.78 is 0. The minimum absolute atomic E-state index is 0.125. The molecule has 2 rings (SSSR count). The normalized spacial score (nSPS) is 28.8. The highest BCUT2D eigenvalue weighted by molar-refractivity contribution is 5.86. The molecule has 1 aliphatic heterocycles. The number of aliphatic carboxylic acids is 1. The Bertz CT molecular complexity index is 368. The van der Waals surface area contributed by atoms with Crippen molar-refractivity contribution in [2.24, 2.45) is 5.92 Å². The fourth-order valence-corrected chi connectivity index (χ4v) is 2.87. The van der Waals surface area contributed by atoms with Gasteiger partial charge in [0, 0.05) is 12.6 Å². The fourth-order valence-electron chi connectivity index (χ4n) is 2.87. The van der Waals surface area contributed by atoms with Crippen molar-refractivity contribution in [3.8, 4) is 0 Å². The van der Waals surface area contributed by atoms with E-state index in [1.54, 1.807) is 6.92 Å². The summed E-state index contributed by atoms with van der Waals surface area (Å²) in [5, 5.41) is 12.3. The molecule has 1 saturated heterocycles. The number of carbonyl (C=O) groups is 2. The Balaban J connectivity index is 1.96. The zero-order valence-electron chi connectivity index (χ0n) is 11.8. The average molecular weight is 268 g/mol. The Morgan fingerprint density at radius 1 is 1.42 bits per heavy atom. The second-order valence-electron chi connectivity index (χ2n) is 6.22. The van der Waals surface area contributed by atoms with E-state index in [-0.39, 0.29) is 12.1 Å². The van der Waals surface area contributed by atoms with Gasteiger partial charge in [0.15, 0.2) is 0 Å². The Morgan fingerprint density at radius 3 is 2.68 bits per heavy atom. The third-order valence-electron chi connectivity index (χ3n) is 4.35. The van der Waals surface area contributed by atoms with E-state index < -0.39 is 11.5 Å². The summed E-state index contributed by atoms with van der Waals surface area (Å²) in [6, 6.07) is -0.0993. The molecule has 1 aliphatic carbocycles. The smallest absolute Gasteiger partial charge is 0.329 e. The van der Waals surface area contributed by atoms with Crippen LogP contribution in [0.2, 0.25) is 0 Å². The number of carboxylic acids is 1. The van der Waals surface area contributed by atoms with Crippen LogP contribution in [-0.4, -0.2) is 40.1 Å². The van der Waals surface area contributed by atoms with Gasteiger partial charge in [0.05, 0.1) is 0 Å². The van der Waals surface area contributed by atoms with Gasteiger partial charge in [-0.15, -0.1) is 0 Å². The third-order valence-corrected chi connectivity index (χ3v) is 4.35. The lowest BCUT2D eigenvalue weighted by Gasteiger charge is -2.41. The van der Waals surface area contributed by atoms with Gasteiger partial charge in [-0.25, -0.2) is 9.59 Å². The lowest BCUT2D eigenvalue weighted by atomic mass is 9.89. The van der Waals surface area contributed by atoms with E-state index in [9.17, 15) is 14.7 Å². The first-order valence-electron chi connectivity index (χ1n) is 7.25. The third kappa shape index (κ3) is 3.19. The molecule has 5 heteroatoms. The van der Waals surface area contributed by atoms with E-state index >= 15 is 0 Å². The van der Waals surface area contributed by atoms with Gasteiger partial charge >= 0.3 is 12.0 Å². The monoisotopic (exact) mass is 268 g/mol. The SMILES string of the molecule is CC(CC1CC1)NC(=O)N1CCCCC1(C)C(=O)O. The summed E-state index contributed by atoms with van der Waals surface area (Å²) in [6.45, 7) is 4.18. The highest BCUT2D eigenvalue weighted by Crippen LogP contribution is 2.33. The van der Waals surface area contributed by atoms with E-state index in [4.69, 9.17) is 0 Å². The van der Waals surface area contributed by atoms with Crippen LogP contribution < -0.4 is 5.32 Å². The predicted octanol–water partition coefficient (Wildman–Crippen LogP) is 2.21. The molecule has 19 heavy (non-hydrogen) atoms. The molecule has 0 aromatic heterocycles. The zero-order valence-corrected chi connectivity index (χ0v) is 11.8. The summed E-state index contributed by atoms with van der Waals surface area (Å²) in [7, 11) is 0. The number of carboxylic acid groups (broad SMARTS) is 1. The average Bonchev–Trinajstić information content (AvgIpc) is 3.12. The molecule has 2 amide bonds. The molecule has 5 nitrogen and oxygen atoms in total. The quantitative estimate of drug-likeness (QED) is 0.821. The maximum absolute atomic E-state index is 12.3. The molecule has 2 fully saturated rings. The molecular formula is C14H24N2O3. The van der Waals surface area contributed by atoms with Crippen LogP contribution in [0.25, 0.3) is 0 Å². The van der Waals surface area contributed by atoms with Crippen molar-refractivity contribution in [2.45, 2.75) is 64.0 Å². The van der Waals surface area contributed by atoms with Crippen molar-refractivity contribution < 1.29 is 14.7 Å². The molecule has 2 N–H and O–H groups in total. The summed E-state index contributed by atoms with van der Waals surface area (Å²) in [4.78, 5) is 25.2. The minimum atomic E-state index is -1.05. The molecule has 0 spiro atoms. The molecule has 0 bridgehead atoms. The molecule has 0 radical (unpaired) electrons. The standard InChI is InChI=1S/C14H24N2O3/c1-10(9-11-5-6-11)15-13(19)16-8-4-3-7-14(16,2)12(17)18/h10-11H,3-9H2,1-2H3,(H,15,19)(H,17,18). The lowest BCUT2D eigenvalue weighted by molar-refractivity contribution is -0.150. The molecule has 1 saturated carbocycles. The van der Waals surface area contributed by atoms with Crippen LogP contribution in [0.5, 0.6) is 0 Å². The molecule has 2 atom stereocenters. The van der Waals surface area contributed by atoms with Crippen molar-refractivity contribution in [3.05, 3.63) is 0 Å². The Labute approximate surface area is 114 Å². The van der Waals surface area contributed by atoms with Gasteiger partial charge in [0.25, 0.3) is 0 Å². The van der Waals surface area contributed by atoms with Gasteiger partial charge < -0.3 is 15.3 Å². The zero-order chi connectivity index (χ0) is 14.0. The van der Waals surface area contributed by atoms with Gasteiger partial charge in [-0.05, 0) is 45.4 Å². The van der Waals surface area contributed by atoms with Gasteiger partial charge in [0.1, 0.15) is 5.54 Å². The molecule has 2 unspecified atom stereocenters. The molecule has 0 aromatic carbocycles. The first-order chi connectivity index (χ1) is 8.93. The number of hydrogen-bond donors (Lipinski definition) is 2. The van der Waals surface area contributed by atoms with Crippen LogP contribution in [0, 0.1) is 5.92 Å². The minimum Gasteiger partial charge on any atom is -0.480 e. The van der Waals surface area contributed by atoms with Crippen molar-refractivity contribution in [1.82, 2.24) is 10.2 Å². The molecule has 0 aromatic rings. The number of likely N-dealkylation sites (tertiary alicyclic amines) is 1. The van der Waals surface area contributed by atoms with Crippen molar-refractivity contribution in [2.75, 3.05) is 6.54 Å². The maximum Gasteiger partial charge on any atom is 0.329 e. The number of rotatable bonds is 4. The van der Waals surface area contributed by atoms with Crippen molar-refractivity contribution >= 4 is 12.0 Å². The fraction of sp³-hybridized carbons (Fsp3) is 0.857. The van der Waals surface area contributed by atoms with Crippen LogP contribution in [0.3, 0.4) is 0 Å². The van der Waals surface area contributed by atoms with Crippen LogP contribution >= 0.6 is 0 Å². The summed E-state index contributed by atoms with van der Waals surface area (Å²) >= 11 is 0. The van der Waals surface area contributed by atoms with Crippen LogP contribution in [0.1, 0.15) is 52.4 Å². The first-order valence-corrected chi connectivity index (χ1v) is 7.25. The predicted molar refractivity (Wildman–Crippen MR) is 71.9 cm³/mol.